The first-order chi connectivity index (χ1) is 10.3. The van der Waals surface area contributed by atoms with Crippen molar-refractivity contribution in [1.82, 2.24) is 0 Å². The lowest BCUT2D eigenvalue weighted by atomic mass is 9.79. The zero-order valence-corrected chi connectivity index (χ0v) is 13.3. The third-order valence-electron chi connectivity index (χ3n) is 5.12. The van der Waals surface area contributed by atoms with Gasteiger partial charge in [-0.2, -0.15) is 0 Å². The summed E-state index contributed by atoms with van der Waals surface area (Å²) >= 11 is 0. The lowest BCUT2D eigenvalue weighted by molar-refractivity contribution is 0.287. The summed E-state index contributed by atoms with van der Waals surface area (Å²) in [5.74, 6) is 3.58. The molecule has 1 unspecified atom stereocenters. The topological polar surface area (TPSA) is 30.5 Å². The average molecular weight is 289 g/mol. The maximum atomic E-state index is 5.55. The number of methoxy groups -OCH3 is 2. The lowest BCUT2D eigenvalue weighted by Gasteiger charge is -2.32. The number of anilines is 1. The Morgan fingerprint density at radius 1 is 1.00 bits per heavy atom. The highest BCUT2D eigenvalue weighted by Crippen LogP contribution is 2.41. The van der Waals surface area contributed by atoms with Gasteiger partial charge in [0.05, 0.1) is 19.9 Å². The Morgan fingerprint density at radius 3 is 2.43 bits per heavy atom. The normalized spacial score (nSPS) is 22.3. The highest BCUT2D eigenvalue weighted by atomic mass is 16.5. The Bertz CT molecular complexity index is 480. The summed E-state index contributed by atoms with van der Waals surface area (Å²) in [7, 11) is 3.49. The summed E-state index contributed by atoms with van der Waals surface area (Å²) in [4.78, 5) is 0. The maximum absolute atomic E-state index is 5.55. The molecule has 1 aromatic rings. The van der Waals surface area contributed by atoms with Crippen molar-refractivity contribution >= 4 is 5.69 Å². The van der Waals surface area contributed by atoms with E-state index in [1.807, 2.05) is 12.1 Å². The minimum atomic E-state index is 0.724. The largest absolute Gasteiger partial charge is 0.496 e. The molecule has 0 spiro atoms. The fourth-order valence-corrected chi connectivity index (χ4v) is 4.03. The van der Waals surface area contributed by atoms with Crippen LogP contribution in [0, 0.1) is 11.8 Å². The summed E-state index contributed by atoms with van der Waals surface area (Å²) in [5.41, 5.74) is 2.43. The van der Waals surface area contributed by atoms with Gasteiger partial charge in [-0.3, -0.25) is 0 Å². The van der Waals surface area contributed by atoms with E-state index < -0.39 is 0 Å². The second-order valence-electron chi connectivity index (χ2n) is 6.51. The molecule has 21 heavy (non-hydrogen) atoms. The molecule has 1 aromatic carbocycles. The molecule has 1 fully saturated rings. The molecule has 1 saturated carbocycles. The highest BCUT2D eigenvalue weighted by Gasteiger charge is 2.26. The Balaban J connectivity index is 1.74. The standard InChI is InChI=1S/C18H27NO2/c1-20-16-8-9-17(21-2)18-15(16)11-14(12-19-18)10-13-6-4-3-5-7-13/h8-9,13-14,19H,3-7,10-12H2,1-2H3. The van der Waals surface area contributed by atoms with Crippen molar-refractivity contribution in [2.75, 3.05) is 26.1 Å². The minimum Gasteiger partial charge on any atom is -0.496 e. The van der Waals surface area contributed by atoms with E-state index in [4.69, 9.17) is 9.47 Å². The molecule has 1 atom stereocenters. The molecular weight excluding hydrogens is 262 g/mol. The molecule has 1 aliphatic carbocycles. The number of rotatable bonds is 4. The average Bonchev–Trinajstić information content (AvgIpc) is 2.54. The Kier molecular flexibility index (Phi) is 4.57. The van der Waals surface area contributed by atoms with E-state index in [2.05, 4.69) is 5.32 Å². The van der Waals surface area contributed by atoms with Crippen molar-refractivity contribution in [2.45, 2.75) is 44.9 Å². The molecule has 0 radical (unpaired) electrons. The first-order valence-electron chi connectivity index (χ1n) is 8.29. The monoisotopic (exact) mass is 289 g/mol. The van der Waals surface area contributed by atoms with Crippen molar-refractivity contribution in [3.63, 3.8) is 0 Å². The number of nitrogens with one attached hydrogen (secondary N) is 1. The van der Waals surface area contributed by atoms with Gasteiger partial charge in [0.2, 0.25) is 0 Å². The van der Waals surface area contributed by atoms with Crippen LogP contribution >= 0.6 is 0 Å². The van der Waals surface area contributed by atoms with Gasteiger partial charge in [-0.05, 0) is 36.8 Å². The van der Waals surface area contributed by atoms with Crippen molar-refractivity contribution < 1.29 is 9.47 Å². The Hall–Kier alpha value is -1.38. The maximum Gasteiger partial charge on any atom is 0.142 e. The molecule has 1 heterocycles. The first kappa shape index (κ1) is 14.6. The van der Waals surface area contributed by atoms with Crippen LogP contribution in [0.3, 0.4) is 0 Å². The second-order valence-corrected chi connectivity index (χ2v) is 6.51. The summed E-state index contributed by atoms with van der Waals surface area (Å²) in [6.45, 7) is 1.06. The van der Waals surface area contributed by atoms with Crippen molar-refractivity contribution in [1.29, 1.82) is 0 Å². The number of hydrogen-bond donors (Lipinski definition) is 1. The second kappa shape index (κ2) is 6.59. The molecule has 0 bridgehead atoms. The van der Waals surface area contributed by atoms with E-state index in [1.165, 1.54) is 44.1 Å². The van der Waals surface area contributed by atoms with E-state index in [0.717, 1.165) is 42.0 Å². The molecule has 0 saturated heterocycles. The van der Waals surface area contributed by atoms with Gasteiger partial charge in [0.25, 0.3) is 0 Å². The summed E-state index contributed by atoms with van der Waals surface area (Å²) in [6.07, 6.45) is 9.62. The van der Waals surface area contributed by atoms with Gasteiger partial charge < -0.3 is 14.8 Å². The number of ether oxygens (including phenoxy) is 2. The predicted molar refractivity (Wildman–Crippen MR) is 86.4 cm³/mol. The fourth-order valence-electron chi connectivity index (χ4n) is 4.03. The molecule has 3 rings (SSSR count). The van der Waals surface area contributed by atoms with Gasteiger partial charge in [-0.1, -0.05) is 32.1 Å². The summed E-state index contributed by atoms with van der Waals surface area (Å²) < 4.78 is 11.0. The van der Waals surface area contributed by atoms with Gasteiger partial charge in [0, 0.05) is 12.1 Å². The van der Waals surface area contributed by atoms with Crippen LogP contribution in [0.5, 0.6) is 11.5 Å². The van der Waals surface area contributed by atoms with Gasteiger partial charge >= 0.3 is 0 Å². The first-order valence-corrected chi connectivity index (χ1v) is 8.29. The van der Waals surface area contributed by atoms with E-state index in [-0.39, 0.29) is 0 Å². The van der Waals surface area contributed by atoms with Crippen LogP contribution in [-0.4, -0.2) is 20.8 Å². The minimum absolute atomic E-state index is 0.724. The van der Waals surface area contributed by atoms with E-state index in [1.54, 1.807) is 14.2 Å². The van der Waals surface area contributed by atoms with Gasteiger partial charge in [-0.15, -0.1) is 0 Å². The van der Waals surface area contributed by atoms with Gasteiger partial charge in [0.1, 0.15) is 11.5 Å². The summed E-state index contributed by atoms with van der Waals surface area (Å²) in [6, 6.07) is 4.02. The number of hydrogen-bond acceptors (Lipinski definition) is 3. The van der Waals surface area contributed by atoms with Gasteiger partial charge in [-0.25, -0.2) is 0 Å². The summed E-state index contributed by atoms with van der Waals surface area (Å²) in [5, 5.41) is 3.59. The lowest BCUT2D eigenvalue weighted by Crippen LogP contribution is -2.26. The zero-order valence-electron chi connectivity index (χ0n) is 13.3. The molecular formula is C18H27NO2. The van der Waals surface area contributed by atoms with Gasteiger partial charge in [0.15, 0.2) is 0 Å². The highest BCUT2D eigenvalue weighted by molar-refractivity contribution is 5.68. The Morgan fingerprint density at radius 2 is 1.71 bits per heavy atom. The predicted octanol–water partition coefficient (Wildman–Crippen LogP) is 4.26. The van der Waals surface area contributed by atoms with E-state index >= 15 is 0 Å². The zero-order chi connectivity index (χ0) is 14.7. The molecule has 3 heteroatoms. The molecule has 3 nitrogen and oxygen atoms in total. The Labute approximate surface area is 128 Å². The van der Waals surface area contributed by atoms with Crippen molar-refractivity contribution in [3.05, 3.63) is 17.7 Å². The van der Waals surface area contributed by atoms with E-state index in [9.17, 15) is 0 Å². The van der Waals surface area contributed by atoms with Crippen molar-refractivity contribution in [3.8, 4) is 11.5 Å². The van der Waals surface area contributed by atoms with Crippen LogP contribution in [0.2, 0.25) is 0 Å². The van der Waals surface area contributed by atoms with Crippen LogP contribution in [0.1, 0.15) is 44.1 Å². The quantitative estimate of drug-likeness (QED) is 0.898. The van der Waals surface area contributed by atoms with Crippen molar-refractivity contribution in [2.24, 2.45) is 11.8 Å². The van der Waals surface area contributed by atoms with Crippen LogP contribution in [-0.2, 0) is 6.42 Å². The molecule has 0 aromatic heterocycles. The number of benzene rings is 1. The smallest absolute Gasteiger partial charge is 0.142 e. The molecule has 1 N–H and O–H groups in total. The van der Waals surface area contributed by atoms with Crippen LogP contribution in [0.25, 0.3) is 0 Å². The SMILES string of the molecule is COc1ccc(OC)c2c1CC(CC1CCCCC1)CN2. The fraction of sp³-hybridized carbons (Fsp3) is 0.667. The third-order valence-corrected chi connectivity index (χ3v) is 5.12. The third kappa shape index (κ3) is 3.12. The van der Waals surface area contributed by atoms with Crippen LogP contribution in [0.4, 0.5) is 5.69 Å². The van der Waals surface area contributed by atoms with Crippen LogP contribution < -0.4 is 14.8 Å². The molecule has 2 aliphatic rings. The molecule has 1 aliphatic heterocycles. The van der Waals surface area contributed by atoms with Crippen LogP contribution in [0.15, 0.2) is 12.1 Å². The molecule has 116 valence electrons. The molecule has 0 amide bonds. The number of fused-ring (bicyclic) bond motifs is 1. The van der Waals surface area contributed by atoms with E-state index in [0.29, 0.717) is 0 Å².